The van der Waals surface area contributed by atoms with Crippen LogP contribution in [0.4, 0.5) is 14.9 Å². The first-order valence-corrected chi connectivity index (χ1v) is 10.7. The number of aliphatic hydroxyl groups excluding tert-OH is 1. The van der Waals surface area contributed by atoms with Gasteiger partial charge in [-0.3, -0.25) is 5.01 Å². The summed E-state index contributed by atoms with van der Waals surface area (Å²) in [5, 5.41) is 14.2. The van der Waals surface area contributed by atoms with E-state index in [1.165, 1.54) is 6.07 Å². The Morgan fingerprint density at radius 3 is 2.69 bits per heavy atom. The van der Waals surface area contributed by atoms with E-state index in [4.69, 9.17) is 10.6 Å². The summed E-state index contributed by atoms with van der Waals surface area (Å²) < 4.78 is 19.7. The minimum absolute atomic E-state index is 0.0254. The van der Waals surface area contributed by atoms with E-state index in [0.29, 0.717) is 24.2 Å². The zero-order valence-electron chi connectivity index (χ0n) is 18.3. The number of rotatable bonds is 8. The van der Waals surface area contributed by atoms with Crippen molar-refractivity contribution in [2.24, 2.45) is 5.84 Å². The van der Waals surface area contributed by atoms with Crippen molar-refractivity contribution in [3.05, 3.63) is 78.3 Å². The largest absolute Gasteiger partial charge is 0.389 e. The first-order valence-electron chi connectivity index (χ1n) is 10.7. The molecule has 3 unspecified atom stereocenters. The van der Waals surface area contributed by atoms with Crippen molar-refractivity contribution in [2.45, 2.75) is 44.6 Å². The fourth-order valence-electron chi connectivity index (χ4n) is 3.85. The van der Waals surface area contributed by atoms with Gasteiger partial charge >= 0.3 is 6.03 Å². The quantitative estimate of drug-likeness (QED) is 0.331. The maximum absolute atomic E-state index is 13.8. The summed E-state index contributed by atoms with van der Waals surface area (Å²) in [7, 11) is 0. The van der Waals surface area contributed by atoms with Crippen LogP contribution in [-0.2, 0) is 11.3 Å². The Hall–Kier alpha value is -2.94. The highest BCUT2D eigenvalue weighted by Gasteiger charge is 2.30. The Bertz CT molecular complexity index is 911. The third-order valence-electron chi connectivity index (χ3n) is 5.54. The Kier molecular flexibility index (Phi) is 8.21. The fraction of sp³-hybridized carbons (Fsp3) is 0.375. The molecule has 1 aliphatic rings. The number of piperidine rings is 1. The molecule has 0 aliphatic carbocycles. The fourth-order valence-corrected chi connectivity index (χ4v) is 3.85. The number of hydrogen-bond acceptors (Lipinski definition) is 5. The number of para-hydroxylation sites is 1. The normalized spacial score (nSPS) is 19.5. The molecular weight excluding hydrogens is 411 g/mol. The topological polar surface area (TPSA) is 91.1 Å². The van der Waals surface area contributed by atoms with Crippen LogP contribution in [0, 0.1) is 5.82 Å². The predicted octanol–water partition coefficient (Wildman–Crippen LogP) is 3.48. The summed E-state index contributed by atoms with van der Waals surface area (Å²) in [4.78, 5) is 14.2. The van der Waals surface area contributed by atoms with Crippen LogP contribution < -0.4 is 11.2 Å². The Balaban J connectivity index is 1.46. The highest BCUT2D eigenvalue weighted by molar-refractivity contribution is 5.88. The number of nitrogens with one attached hydrogen (secondary N) is 1. The van der Waals surface area contributed by atoms with Crippen LogP contribution in [-0.4, -0.2) is 52.4 Å². The van der Waals surface area contributed by atoms with E-state index in [1.54, 1.807) is 30.3 Å². The van der Waals surface area contributed by atoms with E-state index in [2.05, 4.69) is 11.9 Å². The van der Waals surface area contributed by atoms with Gasteiger partial charge in [-0.25, -0.2) is 15.0 Å². The van der Waals surface area contributed by atoms with Crippen LogP contribution in [0.2, 0.25) is 0 Å². The lowest BCUT2D eigenvalue weighted by molar-refractivity contribution is -0.0138. The Morgan fingerprint density at radius 2 is 2.00 bits per heavy atom. The highest BCUT2D eigenvalue weighted by Crippen LogP contribution is 2.28. The summed E-state index contributed by atoms with van der Waals surface area (Å²) in [6, 6.07) is 15.1. The Labute approximate surface area is 188 Å². The summed E-state index contributed by atoms with van der Waals surface area (Å²) in [6.45, 7) is 6.63. The minimum Gasteiger partial charge on any atom is -0.389 e. The van der Waals surface area contributed by atoms with Gasteiger partial charge in [0.1, 0.15) is 5.82 Å². The van der Waals surface area contributed by atoms with Gasteiger partial charge in [-0.05, 0) is 31.5 Å². The number of halogens is 1. The number of ether oxygens (including phenoxy) is 1. The van der Waals surface area contributed by atoms with Crippen molar-refractivity contribution in [1.29, 1.82) is 0 Å². The van der Waals surface area contributed by atoms with Gasteiger partial charge in [0.05, 0.1) is 25.4 Å². The number of carbonyl (C=O) groups is 1. The van der Waals surface area contributed by atoms with E-state index in [0.717, 1.165) is 17.1 Å². The first-order chi connectivity index (χ1) is 15.3. The number of hydrogen-bond donors (Lipinski definition) is 3. The number of nitrogens with two attached hydrogens (primary N) is 1. The highest BCUT2D eigenvalue weighted by atomic mass is 19.1. The van der Waals surface area contributed by atoms with Crippen LogP contribution >= 0.6 is 0 Å². The van der Waals surface area contributed by atoms with Crippen LogP contribution in [0.5, 0.6) is 0 Å². The number of hydrazine groups is 1. The molecule has 0 spiro atoms. The zero-order chi connectivity index (χ0) is 23.1. The first kappa shape index (κ1) is 23.7. The van der Waals surface area contributed by atoms with Crippen molar-refractivity contribution in [2.75, 3.05) is 18.4 Å². The number of amides is 2. The SMILES string of the molecule is C=C1CC(OCc2ccccc2F)CC(C)N1CC(O)CN(N)C(=O)Nc1ccccc1. The van der Waals surface area contributed by atoms with Gasteiger partial charge in [0, 0.05) is 36.0 Å². The van der Waals surface area contributed by atoms with Gasteiger partial charge in [0.2, 0.25) is 0 Å². The number of likely N-dealkylation sites (tertiary alicyclic amines) is 1. The molecule has 3 rings (SSSR count). The molecule has 1 saturated heterocycles. The van der Waals surface area contributed by atoms with E-state index in [1.807, 2.05) is 30.0 Å². The predicted molar refractivity (Wildman–Crippen MR) is 122 cm³/mol. The molecule has 32 heavy (non-hydrogen) atoms. The van der Waals surface area contributed by atoms with Gasteiger partial charge in [0.15, 0.2) is 0 Å². The summed E-state index contributed by atoms with van der Waals surface area (Å²) >= 11 is 0. The molecule has 1 heterocycles. The van der Waals surface area contributed by atoms with Gasteiger partial charge in [-0.2, -0.15) is 0 Å². The lowest BCUT2D eigenvalue weighted by Crippen LogP contribution is -2.50. The number of β-amino-alcohol motifs (C(OH)–C–C–N with tert-alkyl or cyclic N) is 1. The van der Waals surface area contributed by atoms with Crippen molar-refractivity contribution >= 4 is 11.7 Å². The van der Waals surface area contributed by atoms with Crippen molar-refractivity contribution < 1.29 is 19.0 Å². The lowest BCUT2D eigenvalue weighted by atomic mass is 9.97. The van der Waals surface area contributed by atoms with Gasteiger partial charge in [-0.1, -0.05) is 43.0 Å². The summed E-state index contributed by atoms with van der Waals surface area (Å²) in [6.07, 6.45) is 0.387. The molecule has 7 nitrogen and oxygen atoms in total. The smallest absolute Gasteiger partial charge is 0.336 e. The molecule has 8 heteroatoms. The molecule has 2 amide bonds. The van der Waals surface area contributed by atoms with Gasteiger partial charge < -0.3 is 20.1 Å². The number of aliphatic hydroxyl groups is 1. The number of anilines is 1. The van der Waals surface area contributed by atoms with Gasteiger partial charge in [0.25, 0.3) is 0 Å². The van der Waals surface area contributed by atoms with Gasteiger partial charge in [-0.15, -0.1) is 0 Å². The van der Waals surface area contributed by atoms with E-state index in [-0.39, 0.29) is 31.1 Å². The summed E-state index contributed by atoms with van der Waals surface area (Å²) in [5.74, 6) is 5.56. The van der Waals surface area contributed by atoms with Crippen molar-refractivity contribution in [1.82, 2.24) is 9.91 Å². The number of urea groups is 1. The van der Waals surface area contributed by atoms with Crippen LogP contribution in [0.1, 0.15) is 25.3 Å². The average molecular weight is 443 g/mol. The number of benzene rings is 2. The third-order valence-corrected chi connectivity index (χ3v) is 5.54. The average Bonchev–Trinajstić information content (AvgIpc) is 2.76. The molecule has 1 aliphatic heterocycles. The second-order valence-electron chi connectivity index (χ2n) is 8.13. The third kappa shape index (κ3) is 6.53. The second-order valence-corrected chi connectivity index (χ2v) is 8.13. The molecule has 1 fully saturated rings. The van der Waals surface area contributed by atoms with Crippen molar-refractivity contribution in [3.8, 4) is 0 Å². The molecule has 4 N–H and O–H groups in total. The Morgan fingerprint density at radius 1 is 1.31 bits per heavy atom. The molecule has 0 bridgehead atoms. The molecule has 0 aromatic heterocycles. The maximum atomic E-state index is 13.8. The van der Waals surface area contributed by atoms with Crippen LogP contribution in [0.25, 0.3) is 0 Å². The molecule has 3 atom stereocenters. The molecule has 2 aromatic carbocycles. The standard InChI is InChI=1S/C24H31FN4O3/c1-17-12-22(32-16-19-8-6-7-11-23(19)25)13-18(2)28(17)14-21(30)15-29(26)24(31)27-20-9-4-3-5-10-20/h3-11,18,21-22,30H,1,12-16,26H2,2H3,(H,27,31). The molecular formula is C24H31FN4O3. The number of nitrogens with zero attached hydrogens (tertiary/aromatic N) is 2. The molecule has 2 aromatic rings. The molecule has 0 radical (unpaired) electrons. The van der Waals surface area contributed by atoms with Crippen molar-refractivity contribution in [3.63, 3.8) is 0 Å². The van der Waals surface area contributed by atoms with Crippen LogP contribution in [0.15, 0.2) is 66.9 Å². The minimum atomic E-state index is -0.850. The van der Waals surface area contributed by atoms with E-state index in [9.17, 15) is 14.3 Å². The molecule has 0 saturated carbocycles. The van der Waals surface area contributed by atoms with E-state index >= 15 is 0 Å². The summed E-state index contributed by atoms with van der Waals surface area (Å²) in [5.41, 5.74) is 1.99. The molecule has 172 valence electrons. The zero-order valence-corrected chi connectivity index (χ0v) is 18.3. The monoisotopic (exact) mass is 442 g/mol. The van der Waals surface area contributed by atoms with Crippen LogP contribution in [0.3, 0.4) is 0 Å². The number of carbonyl (C=O) groups excluding carboxylic acids is 1. The van der Waals surface area contributed by atoms with E-state index < -0.39 is 12.1 Å². The second kappa shape index (κ2) is 11.1. The maximum Gasteiger partial charge on any atom is 0.336 e. The lowest BCUT2D eigenvalue weighted by Gasteiger charge is -2.42.